The highest BCUT2D eigenvalue weighted by Crippen LogP contribution is 2.19. The molecule has 0 aliphatic rings. The van der Waals surface area contributed by atoms with E-state index in [1.165, 1.54) is 12.1 Å². The molecule has 0 saturated heterocycles. The third kappa shape index (κ3) is 5.02. The molecular weight excluding hydrogens is 315 g/mol. The number of amides is 2. The smallest absolute Gasteiger partial charge is 0.315 e. The number of aromatic nitrogens is 2. The quantitative estimate of drug-likeness (QED) is 0.720. The predicted molar refractivity (Wildman–Crippen MR) is 85.5 cm³/mol. The summed E-state index contributed by atoms with van der Waals surface area (Å²) >= 11 is 0. The Labute approximate surface area is 139 Å². The number of carbonyl (C=O) groups is 1. The normalized spacial score (nSPS) is 13.3. The minimum absolute atomic E-state index is 0.0890. The van der Waals surface area contributed by atoms with E-state index >= 15 is 0 Å². The summed E-state index contributed by atoms with van der Waals surface area (Å²) in [4.78, 5) is 16.0. The van der Waals surface area contributed by atoms with Crippen LogP contribution in [0.2, 0.25) is 0 Å². The zero-order valence-electron chi connectivity index (χ0n) is 13.6. The van der Waals surface area contributed by atoms with Crippen molar-refractivity contribution in [3.63, 3.8) is 0 Å². The number of aliphatic hydroxyl groups excluding tert-OH is 1. The maximum absolute atomic E-state index is 13.2. The molecular formula is C16H21FN4O3. The largest absolute Gasteiger partial charge is 0.396 e. The summed E-state index contributed by atoms with van der Waals surface area (Å²) in [6.07, 6.45) is 0.622. The van der Waals surface area contributed by atoms with Crippen LogP contribution in [0.3, 0.4) is 0 Å². The molecule has 8 heteroatoms. The third-order valence-electron chi connectivity index (χ3n) is 3.48. The third-order valence-corrected chi connectivity index (χ3v) is 3.48. The van der Waals surface area contributed by atoms with Gasteiger partial charge in [0, 0.05) is 18.7 Å². The van der Waals surface area contributed by atoms with E-state index in [0.29, 0.717) is 18.5 Å². The zero-order valence-corrected chi connectivity index (χ0v) is 13.6. The van der Waals surface area contributed by atoms with Crippen molar-refractivity contribution in [1.82, 2.24) is 20.8 Å². The summed E-state index contributed by atoms with van der Waals surface area (Å²) in [5.41, 5.74) is 0.500. The number of hydrogen-bond acceptors (Lipinski definition) is 5. The number of carbonyl (C=O) groups excluding carboxylic acids is 1. The molecule has 2 atom stereocenters. The van der Waals surface area contributed by atoms with Gasteiger partial charge in [-0.2, -0.15) is 4.98 Å². The van der Waals surface area contributed by atoms with Gasteiger partial charge in [-0.3, -0.25) is 0 Å². The highest BCUT2D eigenvalue weighted by molar-refractivity contribution is 5.74. The second-order valence-corrected chi connectivity index (χ2v) is 5.66. The van der Waals surface area contributed by atoms with Gasteiger partial charge in [0.15, 0.2) is 0 Å². The van der Waals surface area contributed by atoms with Gasteiger partial charge >= 0.3 is 6.03 Å². The summed E-state index contributed by atoms with van der Waals surface area (Å²) < 4.78 is 18.4. The maximum atomic E-state index is 13.2. The van der Waals surface area contributed by atoms with Gasteiger partial charge in [0.2, 0.25) is 11.7 Å². The molecule has 0 radical (unpaired) electrons. The fourth-order valence-electron chi connectivity index (χ4n) is 2.05. The molecule has 1 heterocycles. The highest BCUT2D eigenvalue weighted by atomic mass is 19.1. The number of aliphatic hydroxyl groups is 1. The van der Waals surface area contributed by atoms with Crippen LogP contribution in [-0.4, -0.2) is 34.4 Å². The molecule has 1 aromatic heterocycles. The molecule has 3 N–H and O–H groups in total. The summed E-state index contributed by atoms with van der Waals surface area (Å²) in [7, 11) is 0. The van der Waals surface area contributed by atoms with E-state index in [-0.39, 0.29) is 36.1 Å². The Morgan fingerprint density at radius 2 is 2.21 bits per heavy atom. The fourth-order valence-corrected chi connectivity index (χ4v) is 2.05. The van der Waals surface area contributed by atoms with E-state index < -0.39 is 6.04 Å². The van der Waals surface area contributed by atoms with E-state index in [0.717, 1.165) is 0 Å². The van der Waals surface area contributed by atoms with E-state index in [9.17, 15) is 9.18 Å². The average Bonchev–Trinajstić information content (AvgIpc) is 3.03. The highest BCUT2D eigenvalue weighted by Gasteiger charge is 2.17. The molecule has 0 fully saturated rings. The Hall–Kier alpha value is -2.48. The first kappa shape index (κ1) is 17.9. The van der Waals surface area contributed by atoms with Crippen LogP contribution in [-0.2, 0) is 0 Å². The average molecular weight is 336 g/mol. The molecule has 0 spiro atoms. The second-order valence-electron chi connectivity index (χ2n) is 5.66. The molecule has 0 saturated carbocycles. The lowest BCUT2D eigenvalue weighted by Crippen LogP contribution is -2.39. The van der Waals surface area contributed by atoms with E-state index in [2.05, 4.69) is 20.8 Å². The van der Waals surface area contributed by atoms with Crippen molar-refractivity contribution >= 4 is 6.03 Å². The summed E-state index contributed by atoms with van der Waals surface area (Å²) in [6, 6.07) is 5.01. The van der Waals surface area contributed by atoms with Crippen LogP contribution >= 0.6 is 0 Å². The molecule has 2 amide bonds. The van der Waals surface area contributed by atoms with Crippen LogP contribution in [0.5, 0.6) is 0 Å². The molecule has 0 aliphatic carbocycles. The van der Waals surface area contributed by atoms with Crippen molar-refractivity contribution in [2.24, 2.45) is 5.92 Å². The summed E-state index contributed by atoms with van der Waals surface area (Å²) in [6.45, 7) is 4.19. The van der Waals surface area contributed by atoms with Crippen molar-refractivity contribution < 1.29 is 18.8 Å². The second kappa shape index (κ2) is 8.39. The minimum atomic E-state index is -0.493. The van der Waals surface area contributed by atoms with Gasteiger partial charge in [0.05, 0.1) is 0 Å². The number of nitrogens with zero attached hydrogens (tertiary/aromatic N) is 2. The summed E-state index contributed by atoms with van der Waals surface area (Å²) in [5, 5.41) is 18.0. The number of urea groups is 1. The van der Waals surface area contributed by atoms with E-state index in [4.69, 9.17) is 9.63 Å². The number of benzene rings is 1. The van der Waals surface area contributed by atoms with Gasteiger partial charge in [-0.15, -0.1) is 0 Å². The SMILES string of the molecule is CC(CCO)CNC(=O)NC(C)c1nc(-c2cccc(F)c2)no1. The Morgan fingerprint density at radius 1 is 1.42 bits per heavy atom. The first-order chi connectivity index (χ1) is 11.5. The van der Waals surface area contributed by atoms with Gasteiger partial charge in [0.1, 0.15) is 11.9 Å². The van der Waals surface area contributed by atoms with Crippen LogP contribution in [0.25, 0.3) is 11.4 Å². The summed E-state index contributed by atoms with van der Waals surface area (Å²) in [5.74, 6) is 0.281. The standard InChI is InChI=1S/C16H21FN4O3/c1-10(6-7-22)9-18-16(23)19-11(2)15-20-14(21-24-15)12-4-3-5-13(17)8-12/h3-5,8,10-11,22H,6-7,9H2,1-2H3,(H2,18,19,23). The van der Waals surface area contributed by atoms with Crippen molar-refractivity contribution in [2.45, 2.75) is 26.3 Å². The first-order valence-electron chi connectivity index (χ1n) is 7.74. The Balaban J connectivity index is 1.91. The molecule has 24 heavy (non-hydrogen) atoms. The van der Waals surface area contributed by atoms with Gasteiger partial charge in [-0.25, -0.2) is 9.18 Å². The Bertz CT molecular complexity index is 677. The zero-order chi connectivity index (χ0) is 17.5. The molecule has 2 aromatic rings. The molecule has 2 rings (SSSR count). The molecule has 2 unspecified atom stereocenters. The van der Waals surface area contributed by atoms with Gasteiger partial charge in [-0.05, 0) is 31.4 Å². The van der Waals surface area contributed by atoms with Gasteiger partial charge in [-0.1, -0.05) is 24.2 Å². The van der Waals surface area contributed by atoms with Gasteiger partial charge < -0.3 is 20.3 Å². The van der Waals surface area contributed by atoms with Gasteiger partial charge in [0.25, 0.3) is 0 Å². The van der Waals surface area contributed by atoms with Crippen LogP contribution in [0, 0.1) is 11.7 Å². The van der Waals surface area contributed by atoms with Crippen LogP contribution in [0.15, 0.2) is 28.8 Å². The lowest BCUT2D eigenvalue weighted by Gasteiger charge is -2.14. The molecule has 7 nitrogen and oxygen atoms in total. The molecule has 0 aliphatic heterocycles. The number of halogens is 1. The van der Waals surface area contributed by atoms with Crippen LogP contribution < -0.4 is 10.6 Å². The topological polar surface area (TPSA) is 100 Å². The molecule has 130 valence electrons. The van der Waals surface area contributed by atoms with Crippen molar-refractivity contribution in [3.05, 3.63) is 36.0 Å². The maximum Gasteiger partial charge on any atom is 0.315 e. The minimum Gasteiger partial charge on any atom is -0.396 e. The molecule has 0 bridgehead atoms. The number of rotatable bonds is 7. The van der Waals surface area contributed by atoms with E-state index in [1.54, 1.807) is 19.1 Å². The lowest BCUT2D eigenvalue weighted by molar-refractivity contribution is 0.228. The van der Waals surface area contributed by atoms with Crippen molar-refractivity contribution in [1.29, 1.82) is 0 Å². The number of nitrogens with one attached hydrogen (secondary N) is 2. The van der Waals surface area contributed by atoms with Crippen LogP contribution in [0.1, 0.15) is 32.2 Å². The number of hydrogen-bond donors (Lipinski definition) is 3. The van der Waals surface area contributed by atoms with Crippen molar-refractivity contribution in [3.8, 4) is 11.4 Å². The monoisotopic (exact) mass is 336 g/mol. The Kier molecular flexibility index (Phi) is 6.25. The first-order valence-corrected chi connectivity index (χ1v) is 7.74. The Morgan fingerprint density at radius 3 is 2.92 bits per heavy atom. The predicted octanol–water partition coefficient (Wildman–Crippen LogP) is 2.25. The van der Waals surface area contributed by atoms with Crippen molar-refractivity contribution in [2.75, 3.05) is 13.2 Å². The van der Waals surface area contributed by atoms with Crippen LogP contribution in [0.4, 0.5) is 9.18 Å². The fraction of sp³-hybridized carbons (Fsp3) is 0.438. The lowest BCUT2D eigenvalue weighted by atomic mass is 10.1. The molecule has 1 aromatic carbocycles. The van der Waals surface area contributed by atoms with E-state index in [1.807, 2.05) is 6.92 Å².